The SMILES string of the molecule is Cc1cccc(C(=O)Cc2cnn(C)c2)c1. The summed E-state index contributed by atoms with van der Waals surface area (Å²) in [6.45, 7) is 1.99. The number of hydrogen-bond donors (Lipinski definition) is 0. The van der Waals surface area contributed by atoms with Crippen molar-refractivity contribution in [3.05, 3.63) is 53.3 Å². The molecule has 0 atom stereocenters. The van der Waals surface area contributed by atoms with Crippen molar-refractivity contribution in [1.82, 2.24) is 9.78 Å². The van der Waals surface area contributed by atoms with Gasteiger partial charge in [-0.1, -0.05) is 23.8 Å². The second-order valence-corrected chi connectivity index (χ2v) is 3.99. The van der Waals surface area contributed by atoms with Crippen LogP contribution in [0.25, 0.3) is 0 Å². The Labute approximate surface area is 94.7 Å². The maximum Gasteiger partial charge on any atom is 0.167 e. The molecule has 0 amide bonds. The lowest BCUT2D eigenvalue weighted by atomic mass is 10.0. The molecule has 3 nitrogen and oxygen atoms in total. The number of aryl methyl sites for hydroxylation is 2. The number of carbonyl (C=O) groups is 1. The maximum atomic E-state index is 11.9. The van der Waals surface area contributed by atoms with Crippen LogP contribution in [-0.2, 0) is 13.5 Å². The third kappa shape index (κ3) is 2.37. The smallest absolute Gasteiger partial charge is 0.167 e. The highest BCUT2D eigenvalue weighted by molar-refractivity contribution is 5.97. The summed E-state index contributed by atoms with van der Waals surface area (Å²) in [5.41, 5.74) is 2.83. The van der Waals surface area contributed by atoms with E-state index >= 15 is 0 Å². The largest absolute Gasteiger partial charge is 0.294 e. The Balaban J connectivity index is 2.14. The first kappa shape index (κ1) is 10.6. The van der Waals surface area contributed by atoms with Crippen molar-refractivity contribution < 1.29 is 4.79 Å². The zero-order valence-corrected chi connectivity index (χ0v) is 9.47. The minimum Gasteiger partial charge on any atom is -0.294 e. The topological polar surface area (TPSA) is 34.9 Å². The first-order valence-electron chi connectivity index (χ1n) is 5.22. The normalized spacial score (nSPS) is 10.4. The highest BCUT2D eigenvalue weighted by atomic mass is 16.1. The number of aromatic nitrogens is 2. The van der Waals surface area contributed by atoms with Crippen LogP contribution in [0, 0.1) is 6.92 Å². The maximum absolute atomic E-state index is 11.9. The Morgan fingerprint density at radius 3 is 2.88 bits per heavy atom. The van der Waals surface area contributed by atoms with E-state index in [1.165, 1.54) is 0 Å². The fourth-order valence-electron chi connectivity index (χ4n) is 1.67. The lowest BCUT2D eigenvalue weighted by molar-refractivity contribution is 0.0993. The van der Waals surface area contributed by atoms with E-state index in [-0.39, 0.29) is 5.78 Å². The van der Waals surface area contributed by atoms with Gasteiger partial charge in [0.15, 0.2) is 5.78 Å². The Hall–Kier alpha value is -1.90. The van der Waals surface area contributed by atoms with Gasteiger partial charge >= 0.3 is 0 Å². The molecule has 0 aliphatic carbocycles. The van der Waals surface area contributed by atoms with Crippen LogP contribution in [-0.4, -0.2) is 15.6 Å². The van der Waals surface area contributed by atoms with Crippen molar-refractivity contribution in [2.24, 2.45) is 7.05 Å². The van der Waals surface area contributed by atoms with E-state index in [0.717, 1.165) is 16.7 Å². The van der Waals surface area contributed by atoms with E-state index in [0.29, 0.717) is 6.42 Å². The van der Waals surface area contributed by atoms with Crippen molar-refractivity contribution in [2.45, 2.75) is 13.3 Å². The molecular formula is C13H14N2O. The fraction of sp³-hybridized carbons (Fsp3) is 0.231. The van der Waals surface area contributed by atoms with Gasteiger partial charge in [-0.15, -0.1) is 0 Å². The fourth-order valence-corrected chi connectivity index (χ4v) is 1.67. The number of ketones is 1. The molecule has 0 N–H and O–H groups in total. The van der Waals surface area contributed by atoms with Crippen LogP contribution in [0.3, 0.4) is 0 Å². The van der Waals surface area contributed by atoms with E-state index in [1.54, 1.807) is 10.9 Å². The molecule has 16 heavy (non-hydrogen) atoms. The molecule has 1 aromatic heterocycles. The molecule has 0 saturated heterocycles. The molecule has 0 radical (unpaired) electrons. The standard InChI is InChI=1S/C13H14N2O/c1-10-4-3-5-12(6-10)13(16)7-11-8-14-15(2)9-11/h3-6,8-9H,7H2,1-2H3. The van der Waals surface area contributed by atoms with Gasteiger partial charge in [0.05, 0.1) is 6.20 Å². The van der Waals surface area contributed by atoms with Gasteiger partial charge in [0.2, 0.25) is 0 Å². The minimum absolute atomic E-state index is 0.136. The van der Waals surface area contributed by atoms with E-state index in [2.05, 4.69) is 5.10 Å². The number of rotatable bonds is 3. The molecular weight excluding hydrogens is 200 g/mol. The number of benzene rings is 1. The molecule has 2 aromatic rings. The molecule has 0 fully saturated rings. The molecule has 0 bridgehead atoms. The Kier molecular flexibility index (Phi) is 2.86. The quantitative estimate of drug-likeness (QED) is 0.734. The molecule has 2 rings (SSSR count). The van der Waals surface area contributed by atoms with Gasteiger partial charge in [0.1, 0.15) is 0 Å². The molecule has 82 valence electrons. The minimum atomic E-state index is 0.136. The van der Waals surface area contributed by atoms with E-state index < -0.39 is 0 Å². The van der Waals surface area contributed by atoms with Crippen LogP contribution in [0.15, 0.2) is 36.7 Å². The van der Waals surface area contributed by atoms with Crippen LogP contribution in [0.5, 0.6) is 0 Å². The van der Waals surface area contributed by atoms with Gasteiger partial charge < -0.3 is 0 Å². The monoisotopic (exact) mass is 214 g/mol. The highest BCUT2D eigenvalue weighted by Crippen LogP contribution is 2.08. The lowest BCUT2D eigenvalue weighted by Crippen LogP contribution is -2.03. The van der Waals surface area contributed by atoms with Crippen LogP contribution in [0.4, 0.5) is 0 Å². The van der Waals surface area contributed by atoms with Crippen LogP contribution < -0.4 is 0 Å². The molecule has 1 heterocycles. The molecule has 0 spiro atoms. The first-order chi connectivity index (χ1) is 7.65. The molecule has 3 heteroatoms. The van der Waals surface area contributed by atoms with Gasteiger partial charge in [-0.3, -0.25) is 9.48 Å². The van der Waals surface area contributed by atoms with Crippen molar-refractivity contribution in [2.75, 3.05) is 0 Å². The summed E-state index contributed by atoms with van der Waals surface area (Å²) in [5.74, 6) is 0.136. The molecule has 0 unspecified atom stereocenters. The van der Waals surface area contributed by atoms with E-state index in [9.17, 15) is 4.79 Å². The van der Waals surface area contributed by atoms with Crippen LogP contribution >= 0.6 is 0 Å². The van der Waals surface area contributed by atoms with Gasteiger partial charge in [0, 0.05) is 25.2 Å². The zero-order chi connectivity index (χ0) is 11.5. The number of carbonyl (C=O) groups excluding carboxylic acids is 1. The summed E-state index contributed by atoms with van der Waals surface area (Å²) in [6, 6.07) is 7.66. The Morgan fingerprint density at radius 1 is 1.44 bits per heavy atom. The molecule has 1 aromatic carbocycles. The third-order valence-electron chi connectivity index (χ3n) is 2.46. The second-order valence-electron chi connectivity index (χ2n) is 3.99. The predicted octanol–water partition coefficient (Wildman–Crippen LogP) is 2.15. The van der Waals surface area contributed by atoms with Gasteiger partial charge in [-0.05, 0) is 18.6 Å². The summed E-state index contributed by atoms with van der Waals surface area (Å²) < 4.78 is 1.71. The molecule has 0 aliphatic rings. The van der Waals surface area contributed by atoms with Crippen molar-refractivity contribution in [3.8, 4) is 0 Å². The van der Waals surface area contributed by atoms with Gasteiger partial charge in [-0.2, -0.15) is 5.10 Å². The summed E-state index contributed by atoms with van der Waals surface area (Å²) in [7, 11) is 1.85. The Bertz CT molecular complexity index is 514. The third-order valence-corrected chi connectivity index (χ3v) is 2.46. The first-order valence-corrected chi connectivity index (χ1v) is 5.22. The van der Waals surface area contributed by atoms with Crippen molar-refractivity contribution >= 4 is 5.78 Å². The summed E-state index contributed by atoms with van der Waals surface area (Å²) >= 11 is 0. The van der Waals surface area contributed by atoms with E-state index in [4.69, 9.17) is 0 Å². The second kappa shape index (κ2) is 4.31. The number of nitrogens with zero attached hydrogens (tertiary/aromatic N) is 2. The van der Waals surface area contributed by atoms with Gasteiger partial charge in [0.25, 0.3) is 0 Å². The summed E-state index contributed by atoms with van der Waals surface area (Å²) in [5, 5.41) is 4.05. The van der Waals surface area contributed by atoms with Crippen LogP contribution in [0.1, 0.15) is 21.5 Å². The average Bonchev–Trinajstić information content (AvgIpc) is 2.64. The van der Waals surface area contributed by atoms with Crippen molar-refractivity contribution in [3.63, 3.8) is 0 Å². The lowest BCUT2D eigenvalue weighted by Gasteiger charge is -2.00. The van der Waals surface area contributed by atoms with E-state index in [1.807, 2.05) is 44.4 Å². The number of Topliss-reactive ketones (excluding diaryl/α,β-unsaturated/α-hetero) is 1. The van der Waals surface area contributed by atoms with Crippen LogP contribution in [0.2, 0.25) is 0 Å². The number of hydrogen-bond acceptors (Lipinski definition) is 2. The average molecular weight is 214 g/mol. The molecule has 0 saturated carbocycles. The van der Waals surface area contributed by atoms with Gasteiger partial charge in [-0.25, -0.2) is 0 Å². The zero-order valence-electron chi connectivity index (χ0n) is 9.47. The summed E-state index contributed by atoms with van der Waals surface area (Å²) in [6.07, 6.45) is 4.01. The Morgan fingerprint density at radius 2 is 2.25 bits per heavy atom. The molecule has 0 aliphatic heterocycles. The highest BCUT2D eigenvalue weighted by Gasteiger charge is 2.08. The summed E-state index contributed by atoms with van der Waals surface area (Å²) in [4.78, 5) is 11.9. The van der Waals surface area contributed by atoms with Crippen molar-refractivity contribution in [1.29, 1.82) is 0 Å². The predicted molar refractivity (Wildman–Crippen MR) is 62.4 cm³/mol.